The zero-order chi connectivity index (χ0) is 10.2. The molecule has 0 aliphatic carbocycles. The highest BCUT2D eigenvalue weighted by atomic mass is 79.9. The van der Waals surface area contributed by atoms with Crippen LogP contribution in [0.3, 0.4) is 0 Å². The van der Waals surface area contributed by atoms with Gasteiger partial charge in [-0.25, -0.2) is 4.39 Å². The molecule has 4 nitrogen and oxygen atoms in total. The summed E-state index contributed by atoms with van der Waals surface area (Å²) in [5.74, 6) is -0.757. The van der Waals surface area contributed by atoms with Crippen LogP contribution in [0.5, 0.6) is 0 Å². The third-order valence-electron chi connectivity index (χ3n) is 1.33. The molecule has 0 atom stereocenters. The zero-order valence-corrected chi connectivity index (χ0v) is 8.56. The summed E-state index contributed by atoms with van der Waals surface area (Å²) in [5.41, 5.74) is 4.79. The number of benzene rings is 1. The van der Waals surface area contributed by atoms with E-state index in [-0.39, 0.29) is 10.2 Å². The van der Waals surface area contributed by atoms with Gasteiger partial charge in [0.15, 0.2) is 5.82 Å². The SMILES string of the molecule is Nc1cc(S(=O)(=O)O)cc(Br)c1F. The van der Waals surface area contributed by atoms with Gasteiger partial charge in [0, 0.05) is 0 Å². The van der Waals surface area contributed by atoms with Gasteiger partial charge in [0.05, 0.1) is 15.1 Å². The molecule has 7 heteroatoms. The van der Waals surface area contributed by atoms with Crippen LogP contribution in [0, 0.1) is 5.82 Å². The fraction of sp³-hybridized carbons (Fsp3) is 0. The molecule has 3 N–H and O–H groups in total. The van der Waals surface area contributed by atoms with Crippen LogP contribution >= 0.6 is 15.9 Å². The minimum atomic E-state index is -4.34. The zero-order valence-electron chi connectivity index (χ0n) is 6.16. The number of anilines is 1. The molecule has 13 heavy (non-hydrogen) atoms. The van der Waals surface area contributed by atoms with Crippen molar-refractivity contribution in [2.45, 2.75) is 4.90 Å². The van der Waals surface area contributed by atoms with E-state index in [1.54, 1.807) is 0 Å². The van der Waals surface area contributed by atoms with Crippen LogP contribution in [-0.2, 0) is 10.1 Å². The molecule has 0 heterocycles. The maximum atomic E-state index is 12.9. The third kappa shape index (κ3) is 2.17. The van der Waals surface area contributed by atoms with E-state index in [4.69, 9.17) is 10.3 Å². The molecule has 0 aromatic heterocycles. The molecule has 0 saturated heterocycles. The Morgan fingerprint density at radius 3 is 2.38 bits per heavy atom. The summed E-state index contributed by atoms with van der Waals surface area (Å²) in [6.07, 6.45) is 0. The van der Waals surface area contributed by atoms with Crippen molar-refractivity contribution in [1.82, 2.24) is 0 Å². The smallest absolute Gasteiger partial charge is 0.294 e. The molecular formula is C6H5BrFNO3S. The van der Waals surface area contributed by atoms with E-state index in [2.05, 4.69) is 15.9 Å². The molecule has 0 bridgehead atoms. The average Bonchev–Trinajstić information content (AvgIpc) is 1.97. The van der Waals surface area contributed by atoms with Crippen molar-refractivity contribution in [2.24, 2.45) is 0 Å². The monoisotopic (exact) mass is 269 g/mol. The molecule has 72 valence electrons. The van der Waals surface area contributed by atoms with Crippen LogP contribution in [0.15, 0.2) is 21.5 Å². The Labute approximate surface area is 82.4 Å². The third-order valence-corrected chi connectivity index (χ3v) is 2.74. The van der Waals surface area contributed by atoms with E-state index in [0.29, 0.717) is 0 Å². The second-order valence-corrected chi connectivity index (χ2v) is 4.56. The topological polar surface area (TPSA) is 80.4 Å². The Kier molecular flexibility index (Phi) is 2.60. The number of nitrogens with two attached hydrogens (primary N) is 1. The van der Waals surface area contributed by atoms with Crippen molar-refractivity contribution in [3.8, 4) is 0 Å². The first-order valence-electron chi connectivity index (χ1n) is 3.04. The fourth-order valence-electron chi connectivity index (χ4n) is 0.733. The van der Waals surface area contributed by atoms with Gasteiger partial charge in [-0.2, -0.15) is 8.42 Å². The van der Waals surface area contributed by atoms with Crippen molar-refractivity contribution >= 4 is 31.7 Å². The lowest BCUT2D eigenvalue weighted by atomic mass is 10.3. The second kappa shape index (κ2) is 3.24. The summed E-state index contributed by atoms with van der Waals surface area (Å²) in [6.45, 7) is 0. The Hall–Kier alpha value is -0.660. The summed E-state index contributed by atoms with van der Waals surface area (Å²) in [6, 6.07) is 1.77. The van der Waals surface area contributed by atoms with E-state index in [1.807, 2.05) is 0 Å². The van der Waals surface area contributed by atoms with E-state index in [0.717, 1.165) is 12.1 Å². The van der Waals surface area contributed by atoms with Gasteiger partial charge in [0.2, 0.25) is 0 Å². The molecule has 0 unspecified atom stereocenters. The van der Waals surface area contributed by atoms with Gasteiger partial charge in [-0.3, -0.25) is 4.55 Å². The molecule has 0 aliphatic heterocycles. The Morgan fingerprint density at radius 1 is 1.46 bits per heavy atom. The molecule has 0 saturated carbocycles. The van der Waals surface area contributed by atoms with E-state index in [1.165, 1.54) is 0 Å². The normalized spacial score (nSPS) is 11.6. The summed E-state index contributed by atoms with van der Waals surface area (Å²) >= 11 is 2.76. The number of hydrogen-bond donors (Lipinski definition) is 2. The number of rotatable bonds is 1. The molecule has 0 fully saturated rings. The van der Waals surface area contributed by atoms with Crippen LogP contribution in [0.1, 0.15) is 0 Å². The van der Waals surface area contributed by atoms with Crippen molar-refractivity contribution < 1.29 is 17.4 Å². The van der Waals surface area contributed by atoms with Crippen LogP contribution in [0.2, 0.25) is 0 Å². The summed E-state index contributed by atoms with van der Waals surface area (Å²) < 4.78 is 42.6. The van der Waals surface area contributed by atoms with Crippen molar-refractivity contribution in [3.05, 3.63) is 22.4 Å². The van der Waals surface area contributed by atoms with Gasteiger partial charge < -0.3 is 5.73 Å². The van der Waals surface area contributed by atoms with Gasteiger partial charge in [0.1, 0.15) is 0 Å². The molecule has 1 aromatic carbocycles. The van der Waals surface area contributed by atoms with E-state index in [9.17, 15) is 12.8 Å². The lowest BCUT2D eigenvalue weighted by Crippen LogP contribution is -2.01. The van der Waals surface area contributed by atoms with Crippen molar-refractivity contribution in [1.29, 1.82) is 0 Å². The summed E-state index contributed by atoms with van der Waals surface area (Å²) in [7, 11) is -4.34. The Morgan fingerprint density at radius 2 is 2.00 bits per heavy atom. The van der Waals surface area contributed by atoms with Gasteiger partial charge in [-0.1, -0.05) is 0 Å². The largest absolute Gasteiger partial charge is 0.396 e. The molecule has 0 aliphatic rings. The molecule has 1 rings (SSSR count). The van der Waals surface area contributed by atoms with Crippen LogP contribution in [-0.4, -0.2) is 13.0 Å². The van der Waals surface area contributed by atoms with Gasteiger partial charge >= 0.3 is 0 Å². The first-order chi connectivity index (χ1) is 5.82. The summed E-state index contributed by atoms with van der Waals surface area (Å²) in [4.78, 5) is -0.446. The molecular weight excluding hydrogens is 265 g/mol. The van der Waals surface area contributed by atoms with Gasteiger partial charge in [0.25, 0.3) is 10.1 Å². The van der Waals surface area contributed by atoms with Crippen LogP contribution in [0.4, 0.5) is 10.1 Å². The first-order valence-corrected chi connectivity index (χ1v) is 5.27. The van der Waals surface area contributed by atoms with E-state index >= 15 is 0 Å². The van der Waals surface area contributed by atoms with Crippen molar-refractivity contribution in [3.63, 3.8) is 0 Å². The average molecular weight is 270 g/mol. The standard InChI is InChI=1S/C6H5BrFNO3S/c7-4-1-3(13(10,11)12)2-5(9)6(4)8/h1-2H,9H2,(H,10,11,12). The maximum absolute atomic E-state index is 12.9. The predicted octanol–water partition coefficient (Wildman–Crippen LogP) is 1.42. The lowest BCUT2D eigenvalue weighted by molar-refractivity contribution is 0.483. The highest BCUT2D eigenvalue weighted by Gasteiger charge is 2.14. The first kappa shape index (κ1) is 10.4. The summed E-state index contributed by atoms with van der Waals surface area (Å²) in [5, 5.41) is 0. The maximum Gasteiger partial charge on any atom is 0.294 e. The van der Waals surface area contributed by atoms with Gasteiger partial charge in [-0.05, 0) is 28.1 Å². The molecule has 0 amide bonds. The minimum absolute atomic E-state index is 0.111. The molecule has 0 radical (unpaired) electrons. The van der Waals surface area contributed by atoms with Gasteiger partial charge in [-0.15, -0.1) is 0 Å². The number of hydrogen-bond acceptors (Lipinski definition) is 3. The second-order valence-electron chi connectivity index (χ2n) is 2.28. The predicted molar refractivity (Wildman–Crippen MR) is 48.3 cm³/mol. The highest BCUT2D eigenvalue weighted by molar-refractivity contribution is 9.10. The van der Waals surface area contributed by atoms with Crippen molar-refractivity contribution in [2.75, 3.05) is 5.73 Å². The number of halogens is 2. The fourth-order valence-corrected chi connectivity index (χ4v) is 1.90. The Bertz CT molecular complexity index is 422. The quantitative estimate of drug-likeness (QED) is 0.597. The lowest BCUT2D eigenvalue weighted by Gasteiger charge is -2.02. The molecule has 0 spiro atoms. The highest BCUT2D eigenvalue weighted by Crippen LogP contribution is 2.25. The minimum Gasteiger partial charge on any atom is -0.396 e. The van der Waals surface area contributed by atoms with Crippen LogP contribution < -0.4 is 5.73 Å². The number of nitrogen functional groups attached to an aromatic ring is 1. The van der Waals surface area contributed by atoms with Crippen LogP contribution in [0.25, 0.3) is 0 Å². The van der Waals surface area contributed by atoms with E-state index < -0.39 is 20.8 Å². The Balaban J connectivity index is 3.47. The molecule has 1 aromatic rings.